The normalized spacial score (nSPS) is 15.4. The summed E-state index contributed by atoms with van der Waals surface area (Å²) >= 11 is 1.52. The van der Waals surface area contributed by atoms with Gasteiger partial charge >= 0.3 is 0 Å². The van der Waals surface area contributed by atoms with Crippen LogP contribution in [0.15, 0.2) is 48.7 Å². The molecule has 0 saturated heterocycles. The first-order valence-electron chi connectivity index (χ1n) is 9.76. The lowest BCUT2D eigenvalue weighted by molar-refractivity contribution is 0.102. The van der Waals surface area contributed by atoms with Crippen LogP contribution in [0.2, 0.25) is 0 Å². The van der Waals surface area contributed by atoms with Crippen LogP contribution in [0.5, 0.6) is 0 Å². The SMILES string of the molecule is Cc1cccc(C(=O)Nc2sc3c(c2C(=O)Nc2ccccn2)CC[C@H](C)C3)c1. The minimum Gasteiger partial charge on any atom is -0.313 e. The molecule has 0 unspecified atom stereocenters. The lowest BCUT2D eigenvalue weighted by Crippen LogP contribution is -2.19. The predicted octanol–water partition coefficient (Wildman–Crippen LogP) is 5.08. The average Bonchev–Trinajstić information content (AvgIpc) is 3.05. The van der Waals surface area contributed by atoms with Gasteiger partial charge in [-0.3, -0.25) is 9.59 Å². The summed E-state index contributed by atoms with van der Waals surface area (Å²) in [7, 11) is 0. The summed E-state index contributed by atoms with van der Waals surface area (Å²) in [6, 6.07) is 12.8. The van der Waals surface area contributed by atoms with E-state index < -0.39 is 0 Å². The predicted molar refractivity (Wildman–Crippen MR) is 117 cm³/mol. The standard InChI is InChI=1S/C23H23N3O2S/c1-14-6-5-7-16(12-14)21(27)26-23-20(17-10-9-15(2)13-18(17)29-23)22(28)25-19-8-3-4-11-24-19/h3-8,11-12,15H,9-10,13H2,1-2H3,(H,26,27)(H,24,25,28)/t15-/m0/s1. The van der Waals surface area contributed by atoms with Crippen molar-refractivity contribution in [3.63, 3.8) is 0 Å². The number of nitrogens with one attached hydrogen (secondary N) is 2. The highest BCUT2D eigenvalue weighted by molar-refractivity contribution is 7.17. The topological polar surface area (TPSA) is 71.1 Å². The summed E-state index contributed by atoms with van der Waals surface area (Å²) in [4.78, 5) is 31.3. The molecule has 2 amide bonds. The van der Waals surface area contributed by atoms with Crippen LogP contribution in [-0.2, 0) is 12.8 Å². The molecule has 0 saturated carbocycles. The highest BCUT2D eigenvalue weighted by atomic mass is 32.1. The summed E-state index contributed by atoms with van der Waals surface area (Å²) < 4.78 is 0. The summed E-state index contributed by atoms with van der Waals surface area (Å²) in [6.45, 7) is 4.18. The number of pyridine rings is 1. The van der Waals surface area contributed by atoms with Crippen molar-refractivity contribution in [1.82, 2.24) is 4.98 Å². The molecule has 0 spiro atoms. The van der Waals surface area contributed by atoms with Crippen LogP contribution >= 0.6 is 11.3 Å². The van der Waals surface area contributed by atoms with Crippen LogP contribution in [0.1, 0.15) is 50.1 Å². The second-order valence-corrected chi connectivity index (χ2v) is 8.65. The van der Waals surface area contributed by atoms with E-state index in [0.717, 1.165) is 30.4 Å². The molecular weight excluding hydrogens is 382 g/mol. The minimum atomic E-state index is -0.227. The second kappa shape index (κ2) is 8.17. The molecule has 2 heterocycles. The van der Waals surface area contributed by atoms with Crippen molar-refractivity contribution in [3.8, 4) is 0 Å². The van der Waals surface area contributed by atoms with Crippen molar-refractivity contribution >= 4 is 34.0 Å². The molecule has 1 aliphatic rings. The van der Waals surface area contributed by atoms with Crippen LogP contribution < -0.4 is 10.6 Å². The number of fused-ring (bicyclic) bond motifs is 1. The molecule has 0 bridgehead atoms. The number of rotatable bonds is 4. The fourth-order valence-electron chi connectivity index (χ4n) is 3.66. The highest BCUT2D eigenvalue weighted by Crippen LogP contribution is 2.40. The van der Waals surface area contributed by atoms with E-state index in [2.05, 4.69) is 22.5 Å². The Hall–Kier alpha value is -2.99. The van der Waals surface area contributed by atoms with Crippen LogP contribution in [-0.4, -0.2) is 16.8 Å². The number of nitrogens with zero attached hydrogens (tertiary/aromatic N) is 1. The Labute approximate surface area is 174 Å². The monoisotopic (exact) mass is 405 g/mol. The van der Waals surface area contributed by atoms with E-state index in [4.69, 9.17) is 0 Å². The van der Waals surface area contributed by atoms with Gasteiger partial charge < -0.3 is 10.6 Å². The summed E-state index contributed by atoms with van der Waals surface area (Å²) in [6.07, 6.45) is 4.46. The van der Waals surface area contributed by atoms with Gasteiger partial charge in [-0.2, -0.15) is 0 Å². The van der Waals surface area contributed by atoms with Gasteiger partial charge in [-0.1, -0.05) is 30.7 Å². The van der Waals surface area contributed by atoms with E-state index in [1.165, 1.54) is 16.2 Å². The fourth-order valence-corrected chi connectivity index (χ4v) is 5.06. The lowest BCUT2D eigenvalue weighted by Gasteiger charge is -2.18. The number of hydrogen-bond acceptors (Lipinski definition) is 4. The average molecular weight is 406 g/mol. The molecule has 29 heavy (non-hydrogen) atoms. The highest BCUT2D eigenvalue weighted by Gasteiger charge is 2.28. The van der Waals surface area contributed by atoms with Crippen molar-refractivity contribution in [2.45, 2.75) is 33.1 Å². The molecule has 1 aliphatic carbocycles. The Morgan fingerprint density at radius 3 is 2.72 bits per heavy atom. The third-order valence-electron chi connectivity index (χ3n) is 5.15. The molecule has 0 fully saturated rings. The molecule has 3 aromatic rings. The largest absolute Gasteiger partial charge is 0.313 e. The number of hydrogen-bond donors (Lipinski definition) is 2. The van der Waals surface area contributed by atoms with Gasteiger partial charge in [-0.05, 0) is 61.9 Å². The first kappa shape index (κ1) is 19.3. The number of amides is 2. The number of carbonyl (C=O) groups excluding carboxylic acids is 2. The molecule has 148 valence electrons. The third-order valence-corrected chi connectivity index (χ3v) is 6.32. The lowest BCUT2D eigenvalue weighted by atomic mass is 9.88. The maximum absolute atomic E-state index is 13.1. The molecule has 2 N–H and O–H groups in total. The summed E-state index contributed by atoms with van der Waals surface area (Å²) in [5, 5.41) is 6.48. The smallest absolute Gasteiger partial charge is 0.260 e. The Kier molecular flexibility index (Phi) is 5.45. The van der Waals surface area contributed by atoms with Gasteiger partial charge in [0.15, 0.2) is 0 Å². The van der Waals surface area contributed by atoms with Gasteiger partial charge in [0.2, 0.25) is 0 Å². The van der Waals surface area contributed by atoms with E-state index >= 15 is 0 Å². The van der Waals surface area contributed by atoms with Gasteiger partial charge in [0, 0.05) is 16.6 Å². The van der Waals surface area contributed by atoms with Crippen LogP contribution in [0, 0.1) is 12.8 Å². The number of benzene rings is 1. The Bertz CT molecular complexity index is 1060. The molecule has 1 aromatic carbocycles. The third kappa shape index (κ3) is 4.22. The number of thiophene rings is 1. The fraction of sp³-hybridized carbons (Fsp3) is 0.261. The van der Waals surface area contributed by atoms with E-state index in [0.29, 0.717) is 27.9 Å². The summed E-state index contributed by atoms with van der Waals surface area (Å²) in [5.74, 6) is 0.647. The first-order chi connectivity index (χ1) is 14.0. The zero-order valence-electron chi connectivity index (χ0n) is 16.5. The molecule has 0 aliphatic heterocycles. The maximum atomic E-state index is 13.1. The van der Waals surface area contributed by atoms with Crippen molar-refractivity contribution in [2.24, 2.45) is 5.92 Å². The van der Waals surface area contributed by atoms with E-state index in [1.807, 2.05) is 31.2 Å². The minimum absolute atomic E-state index is 0.202. The quantitative estimate of drug-likeness (QED) is 0.636. The molecular formula is C23H23N3O2S. The second-order valence-electron chi connectivity index (χ2n) is 7.55. The summed E-state index contributed by atoms with van der Waals surface area (Å²) in [5.41, 5.74) is 3.23. The molecule has 0 radical (unpaired) electrons. The zero-order chi connectivity index (χ0) is 20.4. The maximum Gasteiger partial charge on any atom is 0.260 e. The number of aromatic nitrogens is 1. The molecule has 2 aromatic heterocycles. The van der Waals surface area contributed by atoms with E-state index in [-0.39, 0.29) is 11.8 Å². The van der Waals surface area contributed by atoms with Crippen LogP contribution in [0.3, 0.4) is 0 Å². The molecule has 1 atom stereocenters. The van der Waals surface area contributed by atoms with Gasteiger partial charge in [0.05, 0.1) is 5.56 Å². The van der Waals surface area contributed by atoms with Gasteiger partial charge in [0.25, 0.3) is 11.8 Å². The van der Waals surface area contributed by atoms with Crippen molar-refractivity contribution < 1.29 is 9.59 Å². The Morgan fingerprint density at radius 2 is 1.97 bits per heavy atom. The van der Waals surface area contributed by atoms with Gasteiger partial charge in [-0.15, -0.1) is 11.3 Å². The van der Waals surface area contributed by atoms with E-state index in [9.17, 15) is 9.59 Å². The van der Waals surface area contributed by atoms with Crippen molar-refractivity contribution in [3.05, 3.63) is 75.8 Å². The number of aryl methyl sites for hydroxylation is 1. The van der Waals surface area contributed by atoms with Crippen molar-refractivity contribution in [2.75, 3.05) is 10.6 Å². The molecule has 6 heteroatoms. The van der Waals surface area contributed by atoms with Gasteiger partial charge in [-0.25, -0.2) is 4.98 Å². The Morgan fingerprint density at radius 1 is 1.10 bits per heavy atom. The zero-order valence-corrected chi connectivity index (χ0v) is 17.3. The first-order valence-corrected chi connectivity index (χ1v) is 10.6. The van der Waals surface area contributed by atoms with E-state index in [1.54, 1.807) is 24.4 Å². The molecule has 4 rings (SSSR count). The van der Waals surface area contributed by atoms with Crippen LogP contribution in [0.25, 0.3) is 0 Å². The van der Waals surface area contributed by atoms with Crippen molar-refractivity contribution in [1.29, 1.82) is 0 Å². The molecule has 5 nitrogen and oxygen atoms in total. The van der Waals surface area contributed by atoms with Crippen LogP contribution in [0.4, 0.5) is 10.8 Å². The number of carbonyl (C=O) groups is 2. The number of anilines is 2. The Balaban J connectivity index is 1.67. The van der Waals surface area contributed by atoms with Gasteiger partial charge in [0.1, 0.15) is 10.8 Å².